The summed E-state index contributed by atoms with van der Waals surface area (Å²) in [4.78, 5) is 20.8. The van der Waals surface area contributed by atoms with Crippen LogP contribution >= 0.6 is 15.9 Å². The standard InChI is InChI=1S/C15H17BrN4O2/c1-10-8-13(20-15(18-10)17-6-7-22-2)14(21)19-12-5-3-4-11(16)9-12/h3-5,8-9H,6-7H2,1-2H3,(H,19,21)(H,17,18,20). The van der Waals surface area contributed by atoms with E-state index in [4.69, 9.17) is 4.74 Å². The molecule has 2 rings (SSSR count). The van der Waals surface area contributed by atoms with E-state index in [1.807, 2.05) is 31.2 Å². The van der Waals surface area contributed by atoms with E-state index in [2.05, 4.69) is 36.5 Å². The summed E-state index contributed by atoms with van der Waals surface area (Å²) in [5.74, 6) is 0.134. The zero-order chi connectivity index (χ0) is 15.9. The lowest BCUT2D eigenvalue weighted by molar-refractivity contribution is 0.102. The second-order valence-electron chi connectivity index (χ2n) is 4.60. The van der Waals surface area contributed by atoms with Crippen LogP contribution in [0.5, 0.6) is 0 Å². The maximum absolute atomic E-state index is 12.3. The van der Waals surface area contributed by atoms with Crippen LogP contribution in [0, 0.1) is 6.92 Å². The smallest absolute Gasteiger partial charge is 0.274 e. The number of methoxy groups -OCH3 is 1. The molecule has 0 bridgehead atoms. The largest absolute Gasteiger partial charge is 0.383 e. The van der Waals surface area contributed by atoms with Gasteiger partial charge in [0, 0.05) is 29.5 Å². The van der Waals surface area contributed by atoms with Crippen molar-refractivity contribution in [3.8, 4) is 0 Å². The van der Waals surface area contributed by atoms with Crippen molar-refractivity contribution in [2.24, 2.45) is 0 Å². The highest BCUT2D eigenvalue weighted by Gasteiger charge is 2.11. The summed E-state index contributed by atoms with van der Waals surface area (Å²) in [5, 5.41) is 5.83. The van der Waals surface area contributed by atoms with Gasteiger partial charge in [0.2, 0.25) is 5.95 Å². The number of halogens is 1. The average Bonchev–Trinajstić information content (AvgIpc) is 2.47. The number of ether oxygens (including phenoxy) is 1. The van der Waals surface area contributed by atoms with E-state index in [0.717, 1.165) is 4.47 Å². The van der Waals surface area contributed by atoms with Crippen molar-refractivity contribution in [1.82, 2.24) is 9.97 Å². The zero-order valence-corrected chi connectivity index (χ0v) is 14.0. The number of carbonyl (C=O) groups excluding carboxylic acids is 1. The zero-order valence-electron chi connectivity index (χ0n) is 12.4. The molecule has 0 unspecified atom stereocenters. The summed E-state index contributed by atoms with van der Waals surface area (Å²) in [5.41, 5.74) is 1.73. The van der Waals surface area contributed by atoms with Crippen molar-refractivity contribution >= 4 is 33.5 Å². The Morgan fingerprint density at radius 2 is 2.14 bits per heavy atom. The van der Waals surface area contributed by atoms with Gasteiger partial charge in [-0.25, -0.2) is 9.97 Å². The van der Waals surface area contributed by atoms with Crippen LogP contribution in [0.2, 0.25) is 0 Å². The summed E-state index contributed by atoms with van der Waals surface area (Å²) in [6, 6.07) is 9.03. The molecule has 0 fully saturated rings. The van der Waals surface area contributed by atoms with Crippen LogP contribution in [0.15, 0.2) is 34.8 Å². The molecule has 0 radical (unpaired) electrons. The molecule has 0 aliphatic heterocycles. The summed E-state index contributed by atoms with van der Waals surface area (Å²) in [7, 11) is 1.62. The number of anilines is 2. The molecule has 116 valence electrons. The molecule has 6 nitrogen and oxygen atoms in total. The van der Waals surface area contributed by atoms with Gasteiger partial charge in [0.05, 0.1) is 6.61 Å². The van der Waals surface area contributed by atoms with Gasteiger partial charge in [0.15, 0.2) is 0 Å². The maximum Gasteiger partial charge on any atom is 0.274 e. The van der Waals surface area contributed by atoms with E-state index >= 15 is 0 Å². The minimum atomic E-state index is -0.279. The van der Waals surface area contributed by atoms with Crippen molar-refractivity contribution in [2.75, 3.05) is 30.9 Å². The molecular formula is C15H17BrN4O2. The first-order chi connectivity index (χ1) is 10.6. The third-order valence-electron chi connectivity index (χ3n) is 2.76. The van der Waals surface area contributed by atoms with E-state index in [1.165, 1.54) is 0 Å². The number of nitrogens with one attached hydrogen (secondary N) is 2. The first-order valence-corrected chi connectivity index (χ1v) is 7.53. The van der Waals surface area contributed by atoms with Gasteiger partial charge in [-0.15, -0.1) is 0 Å². The Balaban J connectivity index is 2.11. The van der Waals surface area contributed by atoms with Crippen molar-refractivity contribution in [2.45, 2.75) is 6.92 Å². The summed E-state index contributed by atoms with van der Waals surface area (Å²) >= 11 is 3.37. The Morgan fingerprint density at radius 1 is 1.32 bits per heavy atom. The molecule has 0 saturated carbocycles. The van der Waals surface area contributed by atoms with Gasteiger partial charge < -0.3 is 15.4 Å². The van der Waals surface area contributed by atoms with Crippen LogP contribution in [0.4, 0.5) is 11.6 Å². The number of benzene rings is 1. The molecule has 0 saturated heterocycles. The highest BCUT2D eigenvalue weighted by atomic mass is 79.9. The van der Waals surface area contributed by atoms with Crippen LogP contribution < -0.4 is 10.6 Å². The third-order valence-corrected chi connectivity index (χ3v) is 3.25. The number of rotatable bonds is 6. The van der Waals surface area contributed by atoms with E-state index in [-0.39, 0.29) is 5.91 Å². The van der Waals surface area contributed by atoms with Gasteiger partial charge in [-0.3, -0.25) is 4.79 Å². The topological polar surface area (TPSA) is 76.1 Å². The monoisotopic (exact) mass is 364 g/mol. The number of aryl methyl sites for hydroxylation is 1. The van der Waals surface area contributed by atoms with Crippen molar-refractivity contribution in [1.29, 1.82) is 0 Å². The maximum atomic E-state index is 12.3. The Labute approximate surface area is 137 Å². The molecule has 0 spiro atoms. The number of hydrogen-bond donors (Lipinski definition) is 2. The third kappa shape index (κ3) is 4.78. The molecule has 7 heteroatoms. The quantitative estimate of drug-likeness (QED) is 0.770. The molecule has 1 heterocycles. The fourth-order valence-corrected chi connectivity index (χ4v) is 2.19. The normalized spacial score (nSPS) is 10.3. The minimum absolute atomic E-state index is 0.279. The second-order valence-corrected chi connectivity index (χ2v) is 5.52. The van der Waals surface area contributed by atoms with E-state index in [9.17, 15) is 4.79 Å². The van der Waals surface area contributed by atoms with Crippen LogP contribution in [-0.4, -0.2) is 36.1 Å². The van der Waals surface area contributed by atoms with Crippen molar-refractivity contribution in [3.05, 3.63) is 46.2 Å². The van der Waals surface area contributed by atoms with Gasteiger partial charge in [-0.2, -0.15) is 0 Å². The Morgan fingerprint density at radius 3 is 2.86 bits per heavy atom. The number of hydrogen-bond acceptors (Lipinski definition) is 5. The van der Waals surface area contributed by atoms with Crippen molar-refractivity contribution in [3.63, 3.8) is 0 Å². The van der Waals surface area contributed by atoms with Crippen LogP contribution in [0.1, 0.15) is 16.2 Å². The van der Waals surface area contributed by atoms with Gasteiger partial charge >= 0.3 is 0 Å². The summed E-state index contributed by atoms with van der Waals surface area (Å²) in [6.45, 7) is 2.93. The molecule has 0 atom stereocenters. The first-order valence-electron chi connectivity index (χ1n) is 6.74. The minimum Gasteiger partial charge on any atom is -0.383 e. The van der Waals surface area contributed by atoms with Crippen LogP contribution in [-0.2, 0) is 4.74 Å². The SMILES string of the molecule is COCCNc1nc(C)cc(C(=O)Nc2cccc(Br)c2)n1. The molecule has 1 aromatic heterocycles. The van der Waals surface area contributed by atoms with Crippen molar-refractivity contribution < 1.29 is 9.53 Å². The predicted molar refractivity (Wildman–Crippen MR) is 89.2 cm³/mol. The summed E-state index contributed by atoms with van der Waals surface area (Å²) in [6.07, 6.45) is 0. The molecular weight excluding hydrogens is 348 g/mol. The molecule has 1 aromatic carbocycles. The second kappa shape index (κ2) is 7.86. The Hall–Kier alpha value is -1.99. The van der Waals surface area contributed by atoms with Gasteiger partial charge in [0.25, 0.3) is 5.91 Å². The fraction of sp³-hybridized carbons (Fsp3) is 0.267. The van der Waals surface area contributed by atoms with E-state index in [1.54, 1.807) is 13.2 Å². The van der Waals surface area contributed by atoms with Gasteiger partial charge in [-0.05, 0) is 31.2 Å². The lowest BCUT2D eigenvalue weighted by Crippen LogP contribution is -2.17. The highest BCUT2D eigenvalue weighted by Crippen LogP contribution is 2.16. The van der Waals surface area contributed by atoms with Gasteiger partial charge in [-0.1, -0.05) is 22.0 Å². The molecule has 2 aromatic rings. The fourth-order valence-electron chi connectivity index (χ4n) is 1.79. The first kappa shape index (κ1) is 16.4. The molecule has 2 N–H and O–H groups in total. The van der Waals surface area contributed by atoms with Crippen LogP contribution in [0.25, 0.3) is 0 Å². The molecule has 22 heavy (non-hydrogen) atoms. The predicted octanol–water partition coefficient (Wildman–Crippen LogP) is 2.86. The van der Waals surface area contributed by atoms with E-state index < -0.39 is 0 Å². The lowest BCUT2D eigenvalue weighted by Gasteiger charge is -2.09. The number of carbonyl (C=O) groups is 1. The van der Waals surface area contributed by atoms with E-state index in [0.29, 0.717) is 36.2 Å². The molecule has 0 aliphatic carbocycles. The number of aromatic nitrogens is 2. The lowest BCUT2D eigenvalue weighted by atomic mass is 10.3. The molecule has 1 amide bonds. The van der Waals surface area contributed by atoms with Crippen LogP contribution in [0.3, 0.4) is 0 Å². The number of nitrogens with zero attached hydrogens (tertiary/aromatic N) is 2. The highest BCUT2D eigenvalue weighted by molar-refractivity contribution is 9.10. The summed E-state index contributed by atoms with van der Waals surface area (Å²) < 4.78 is 5.85. The number of amides is 1. The van der Waals surface area contributed by atoms with Gasteiger partial charge in [0.1, 0.15) is 5.69 Å². The molecule has 0 aliphatic rings. The Kier molecular flexibility index (Phi) is 5.85. The Bertz CT molecular complexity index is 664. The average molecular weight is 365 g/mol.